The lowest BCUT2D eigenvalue weighted by molar-refractivity contribution is 0.660. The number of benzene rings is 10. The van der Waals surface area contributed by atoms with Crippen LogP contribution in [0.5, 0.6) is 0 Å². The van der Waals surface area contributed by atoms with Crippen LogP contribution in [0.2, 0.25) is 0 Å². The number of hydrogen-bond acceptors (Lipinski definition) is 2. The molecule has 2 nitrogen and oxygen atoms in total. The molecular formula is C59H41NO. The number of nitrogens with zero attached hydrogens (tertiary/aromatic N) is 1. The lowest BCUT2D eigenvalue weighted by Crippen LogP contribution is -2.16. The fourth-order valence-corrected chi connectivity index (χ4v) is 10.1. The Hall–Kier alpha value is -7.68. The van der Waals surface area contributed by atoms with Crippen molar-refractivity contribution in [3.8, 4) is 44.5 Å². The minimum atomic E-state index is -0.159. The summed E-state index contributed by atoms with van der Waals surface area (Å²) in [6, 6.07) is 77.2. The van der Waals surface area contributed by atoms with Crippen LogP contribution in [-0.4, -0.2) is 0 Å². The van der Waals surface area contributed by atoms with Crippen LogP contribution in [0.1, 0.15) is 25.0 Å². The van der Waals surface area contributed by atoms with Crippen molar-refractivity contribution in [1.29, 1.82) is 0 Å². The van der Waals surface area contributed by atoms with Gasteiger partial charge in [-0.2, -0.15) is 0 Å². The fraction of sp³-hybridized carbons (Fsp3) is 0.0508. The Morgan fingerprint density at radius 2 is 0.836 bits per heavy atom. The van der Waals surface area contributed by atoms with Gasteiger partial charge in [-0.1, -0.05) is 190 Å². The molecule has 2 heteroatoms. The van der Waals surface area contributed by atoms with Crippen LogP contribution in [0, 0.1) is 0 Å². The van der Waals surface area contributed by atoms with E-state index in [0.717, 1.165) is 55.5 Å². The Bertz CT molecular complexity index is 3470. The van der Waals surface area contributed by atoms with Crippen LogP contribution < -0.4 is 4.90 Å². The van der Waals surface area contributed by atoms with E-state index < -0.39 is 0 Å². The van der Waals surface area contributed by atoms with Crippen molar-refractivity contribution in [3.63, 3.8) is 0 Å². The van der Waals surface area contributed by atoms with Crippen molar-refractivity contribution in [2.75, 3.05) is 4.90 Å². The third kappa shape index (κ3) is 5.49. The number of hydrogen-bond donors (Lipinski definition) is 0. The minimum absolute atomic E-state index is 0.159. The van der Waals surface area contributed by atoms with Crippen molar-refractivity contribution in [1.82, 2.24) is 0 Å². The van der Waals surface area contributed by atoms with E-state index in [2.05, 4.69) is 231 Å². The summed E-state index contributed by atoms with van der Waals surface area (Å²) >= 11 is 0. The molecule has 0 amide bonds. The summed E-state index contributed by atoms with van der Waals surface area (Å²) in [6.45, 7) is 4.72. The molecule has 1 aliphatic rings. The van der Waals surface area contributed by atoms with Gasteiger partial charge >= 0.3 is 0 Å². The topological polar surface area (TPSA) is 16.4 Å². The Morgan fingerprint density at radius 1 is 0.344 bits per heavy atom. The highest BCUT2D eigenvalue weighted by molar-refractivity contribution is 6.33. The average Bonchev–Trinajstić information content (AvgIpc) is 3.84. The zero-order valence-corrected chi connectivity index (χ0v) is 34.1. The molecule has 0 atom stereocenters. The molecule has 10 aromatic carbocycles. The summed E-state index contributed by atoms with van der Waals surface area (Å²) < 4.78 is 7.26. The number of anilines is 3. The molecule has 0 unspecified atom stereocenters. The number of fused-ring (bicyclic) bond motifs is 11. The normalized spacial score (nSPS) is 12.9. The molecule has 0 saturated carbocycles. The first-order chi connectivity index (χ1) is 30.0. The van der Waals surface area contributed by atoms with Crippen LogP contribution in [0.25, 0.3) is 88.0 Å². The predicted molar refractivity (Wildman–Crippen MR) is 257 cm³/mol. The van der Waals surface area contributed by atoms with E-state index in [1.165, 1.54) is 60.7 Å². The van der Waals surface area contributed by atoms with E-state index in [0.29, 0.717) is 0 Å². The second-order valence-electron chi connectivity index (χ2n) is 16.8. The SMILES string of the molecule is CC1(C)c2ccccc2-c2ccc(N(c3ccc(-c4ccc(-c5ccccc5)cc4)cc3)c3ccc(-c4ccccc4)c4oc5c6ccccc6c6ccccc6c5c34)cc21. The van der Waals surface area contributed by atoms with Crippen molar-refractivity contribution in [2.45, 2.75) is 19.3 Å². The molecule has 0 saturated heterocycles. The van der Waals surface area contributed by atoms with Gasteiger partial charge in [0.05, 0.1) is 11.1 Å². The Kier molecular flexibility index (Phi) is 7.92. The lowest BCUT2D eigenvalue weighted by Gasteiger charge is -2.29. The molecule has 1 aliphatic carbocycles. The number of rotatable bonds is 6. The summed E-state index contributed by atoms with van der Waals surface area (Å²) in [5.74, 6) is 0. The third-order valence-corrected chi connectivity index (χ3v) is 13.1. The molecule has 0 N–H and O–H groups in total. The molecular weight excluding hydrogens is 739 g/mol. The fourth-order valence-electron chi connectivity index (χ4n) is 10.1. The standard InChI is InChI=1S/C59H41NO/c1-59(2)52-24-14-13-21-48(52)49-34-33-44(37-53(49)59)60(43-31-29-41(30-32-43)40-27-25-39(26-28-40)38-15-5-3-6-16-38)54-36-35-45(42-17-7-4-8-18-42)57-56(54)55-50-22-11-9-19-46(50)47-20-10-12-23-51(47)58(55)61-57/h3-37H,1-2H3. The van der Waals surface area contributed by atoms with Gasteiger partial charge in [0, 0.05) is 33.1 Å². The second-order valence-corrected chi connectivity index (χ2v) is 16.8. The van der Waals surface area contributed by atoms with Crippen molar-refractivity contribution >= 4 is 60.5 Å². The first kappa shape index (κ1) is 35.3. The van der Waals surface area contributed by atoms with Crippen molar-refractivity contribution in [2.24, 2.45) is 0 Å². The quantitative estimate of drug-likeness (QED) is 0.156. The zero-order valence-electron chi connectivity index (χ0n) is 34.1. The summed E-state index contributed by atoms with van der Waals surface area (Å²) in [5.41, 5.74) is 17.2. The monoisotopic (exact) mass is 779 g/mol. The minimum Gasteiger partial charge on any atom is -0.455 e. The van der Waals surface area contributed by atoms with Gasteiger partial charge in [0.1, 0.15) is 11.2 Å². The maximum absolute atomic E-state index is 7.26. The molecule has 0 bridgehead atoms. The maximum atomic E-state index is 7.26. The Balaban J connectivity index is 1.12. The average molecular weight is 780 g/mol. The van der Waals surface area contributed by atoms with Crippen LogP contribution >= 0.6 is 0 Å². The Labute approximate surface area is 355 Å². The largest absolute Gasteiger partial charge is 0.455 e. The molecule has 12 rings (SSSR count). The Morgan fingerprint density at radius 3 is 1.52 bits per heavy atom. The molecule has 11 aromatic rings. The molecule has 0 radical (unpaired) electrons. The summed E-state index contributed by atoms with van der Waals surface area (Å²) in [4.78, 5) is 2.46. The molecule has 288 valence electrons. The molecule has 61 heavy (non-hydrogen) atoms. The van der Waals surface area contributed by atoms with E-state index >= 15 is 0 Å². The first-order valence-electron chi connectivity index (χ1n) is 21.2. The smallest absolute Gasteiger partial charge is 0.145 e. The highest BCUT2D eigenvalue weighted by Gasteiger charge is 2.36. The molecule has 0 fully saturated rings. The first-order valence-corrected chi connectivity index (χ1v) is 21.2. The van der Waals surface area contributed by atoms with Crippen LogP contribution in [0.15, 0.2) is 217 Å². The van der Waals surface area contributed by atoms with Crippen molar-refractivity contribution in [3.05, 3.63) is 223 Å². The van der Waals surface area contributed by atoms with Gasteiger partial charge < -0.3 is 9.32 Å². The van der Waals surface area contributed by atoms with Gasteiger partial charge in [0.15, 0.2) is 0 Å². The molecule has 0 aliphatic heterocycles. The van der Waals surface area contributed by atoms with Crippen LogP contribution in [0.3, 0.4) is 0 Å². The highest BCUT2D eigenvalue weighted by atomic mass is 16.3. The van der Waals surface area contributed by atoms with Gasteiger partial charge in [-0.15, -0.1) is 0 Å². The van der Waals surface area contributed by atoms with Gasteiger partial charge in [-0.05, 0) is 103 Å². The second kappa shape index (κ2) is 13.7. The van der Waals surface area contributed by atoms with Crippen LogP contribution in [-0.2, 0) is 5.41 Å². The van der Waals surface area contributed by atoms with E-state index in [4.69, 9.17) is 4.42 Å². The van der Waals surface area contributed by atoms with E-state index in [1.54, 1.807) is 0 Å². The molecule has 1 aromatic heterocycles. The number of furan rings is 1. The summed E-state index contributed by atoms with van der Waals surface area (Å²) in [5, 5.41) is 6.94. The lowest BCUT2D eigenvalue weighted by atomic mass is 9.82. The van der Waals surface area contributed by atoms with E-state index in [1.807, 2.05) is 0 Å². The van der Waals surface area contributed by atoms with Gasteiger partial charge in [-0.3, -0.25) is 0 Å². The van der Waals surface area contributed by atoms with E-state index in [9.17, 15) is 0 Å². The van der Waals surface area contributed by atoms with Gasteiger partial charge in [0.2, 0.25) is 0 Å². The summed E-state index contributed by atoms with van der Waals surface area (Å²) in [6.07, 6.45) is 0. The predicted octanol–water partition coefficient (Wildman–Crippen LogP) is 16.7. The highest BCUT2D eigenvalue weighted by Crippen LogP contribution is 2.53. The molecule has 1 heterocycles. The van der Waals surface area contributed by atoms with Crippen molar-refractivity contribution < 1.29 is 4.42 Å². The van der Waals surface area contributed by atoms with Gasteiger partial charge in [0.25, 0.3) is 0 Å². The van der Waals surface area contributed by atoms with Gasteiger partial charge in [-0.25, -0.2) is 0 Å². The van der Waals surface area contributed by atoms with Crippen LogP contribution in [0.4, 0.5) is 17.1 Å². The zero-order chi connectivity index (χ0) is 40.7. The van der Waals surface area contributed by atoms with E-state index in [-0.39, 0.29) is 5.41 Å². The third-order valence-electron chi connectivity index (χ3n) is 13.1. The summed E-state index contributed by atoms with van der Waals surface area (Å²) in [7, 11) is 0. The molecule has 0 spiro atoms. The maximum Gasteiger partial charge on any atom is 0.145 e.